The minimum absolute atomic E-state index is 0.0596. The predicted octanol–water partition coefficient (Wildman–Crippen LogP) is 7.12. The molecule has 0 unspecified atom stereocenters. The number of carbonyl (C=O) groups excluding carboxylic acids is 1. The van der Waals surface area contributed by atoms with E-state index >= 15 is 0 Å². The fraction of sp³-hybridized carbons (Fsp3) is 0.767. The summed E-state index contributed by atoms with van der Waals surface area (Å²) in [6.45, 7) is 25.8. The molecule has 0 heterocycles. The molecule has 1 aromatic carbocycles. The SMILES string of the molecule is COc1ccc(CO[C@H](C(C)C)[C@H](C)[C@H](O)[C@@H](C)C(=O)[C@@H](C)[C@H](O[Si](C)(C)C(C)(C)C)C(C)C)cc1. The summed E-state index contributed by atoms with van der Waals surface area (Å²) in [5.41, 5.74) is 1.04. The van der Waals surface area contributed by atoms with Crippen molar-refractivity contribution in [1.82, 2.24) is 0 Å². The van der Waals surface area contributed by atoms with E-state index < -0.39 is 20.3 Å². The van der Waals surface area contributed by atoms with E-state index in [1.165, 1.54) is 0 Å². The predicted molar refractivity (Wildman–Crippen MR) is 152 cm³/mol. The fourth-order valence-corrected chi connectivity index (χ4v) is 6.10. The van der Waals surface area contributed by atoms with Crippen molar-refractivity contribution in [3.8, 4) is 5.75 Å². The van der Waals surface area contributed by atoms with Crippen LogP contribution in [0.2, 0.25) is 18.1 Å². The Morgan fingerprint density at radius 2 is 1.39 bits per heavy atom. The summed E-state index contributed by atoms with van der Waals surface area (Å²) in [5.74, 6) is 0.257. The van der Waals surface area contributed by atoms with Crippen LogP contribution in [-0.2, 0) is 20.6 Å². The van der Waals surface area contributed by atoms with Gasteiger partial charge >= 0.3 is 0 Å². The molecule has 1 N–H and O–H groups in total. The van der Waals surface area contributed by atoms with Crippen LogP contribution in [0.3, 0.4) is 0 Å². The number of aliphatic hydroxyl groups is 1. The van der Waals surface area contributed by atoms with E-state index in [2.05, 4.69) is 61.6 Å². The number of aliphatic hydroxyl groups excluding tert-OH is 1. The maximum atomic E-state index is 13.6. The minimum atomic E-state index is -2.05. The summed E-state index contributed by atoms with van der Waals surface area (Å²) in [4.78, 5) is 13.6. The van der Waals surface area contributed by atoms with Crippen molar-refractivity contribution >= 4 is 14.1 Å². The number of carbonyl (C=O) groups is 1. The van der Waals surface area contributed by atoms with E-state index in [1.807, 2.05) is 45.0 Å². The number of Topliss-reactive ketones (excluding diaryl/α,β-unsaturated/α-hetero) is 1. The largest absolute Gasteiger partial charge is 0.497 e. The average molecular weight is 523 g/mol. The Kier molecular flexibility index (Phi) is 12.3. The Balaban J connectivity index is 2.96. The summed E-state index contributed by atoms with van der Waals surface area (Å²) in [5, 5.41) is 11.4. The molecule has 0 aliphatic rings. The zero-order valence-electron chi connectivity index (χ0n) is 25.2. The van der Waals surface area contributed by atoms with Gasteiger partial charge in [0.15, 0.2) is 8.32 Å². The van der Waals surface area contributed by atoms with Crippen molar-refractivity contribution in [3.05, 3.63) is 29.8 Å². The van der Waals surface area contributed by atoms with Crippen LogP contribution in [-0.4, -0.2) is 44.6 Å². The van der Waals surface area contributed by atoms with Gasteiger partial charge in [0.25, 0.3) is 0 Å². The summed E-state index contributed by atoms with van der Waals surface area (Å²) in [7, 11) is -0.399. The third-order valence-corrected chi connectivity index (χ3v) is 12.6. The zero-order chi connectivity index (χ0) is 28.0. The Hall–Kier alpha value is -1.21. The van der Waals surface area contributed by atoms with Crippen molar-refractivity contribution in [2.75, 3.05) is 7.11 Å². The second-order valence-electron chi connectivity index (χ2n) is 12.8. The van der Waals surface area contributed by atoms with Gasteiger partial charge in [0.05, 0.1) is 32.0 Å². The fourth-order valence-electron chi connectivity index (χ4n) is 4.59. The molecule has 0 aliphatic carbocycles. The van der Waals surface area contributed by atoms with Gasteiger partial charge in [0, 0.05) is 17.8 Å². The third-order valence-electron chi connectivity index (χ3n) is 8.11. The Labute approximate surface area is 222 Å². The molecule has 6 atom stereocenters. The molecule has 6 heteroatoms. The van der Waals surface area contributed by atoms with Crippen molar-refractivity contribution in [1.29, 1.82) is 0 Å². The van der Waals surface area contributed by atoms with Gasteiger partial charge in [0.1, 0.15) is 11.5 Å². The molecule has 0 bridgehead atoms. The van der Waals surface area contributed by atoms with Crippen molar-refractivity contribution in [2.24, 2.45) is 29.6 Å². The molecular weight excluding hydrogens is 468 g/mol. The third kappa shape index (κ3) is 8.68. The number of ketones is 1. The maximum Gasteiger partial charge on any atom is 0.192 e. The molecule has 0 fully saturated rings. The van der Waals surface area contributed by atoms with Gasteiger partial charge in [-0.1, -0.05) is 81.4 Å². The van der Waals surface area contributed by atoms with E-state index in [9.17, 15) is 9.90 Å². The highest BCUT2D eigenvalue weighted by Gasteiger charge is 2.43. The second kappa shape index (κ2) is 13.5. The number of hydrogen-bond donors (Lipinski definition) is 1. The molecule has 0 saturated heterocycles. The first-order valence-electron chi connectivity index (χ1n) is 13.6. The van der Waals surface area contributed by atoms with E-state index in [-0.39, 0.29) is 46.7 Å². The lowest BCUT2D eigenvalue weighted by atomic mass is 9.78. The molecule has 0 spiro atoms. The molecule has 0 aromatic heterocycles. The van der Waals surface area contributed by atoms with Gasteiger partial charge in [-0.05, 0) is 47.7 Å². The van der Waals surface area contributed by atoms with Crippen LogP contribution >= 0.6 is 0 Å². The lowest BCUT2D eigenvalue weighted by Gasteiger charge is -2.42. The first kappa shape index (κ1) is 32.8. The van der Waals surface area contributed by atoms with Crippen LogP contribution in [0.25, 0.3) is 0 Å². The quantitative estimate of drug-likeness (QED) is 0.264. The molecule has 5 nitrogen and oxygen atoms in total. The molecule has 36 heavy (non-hydrogen) atoms. The molecule has 208 valence electrons. The lowest BCUT2D eigenvalue weighted by molar-refractivity contribution is -0.137. The van der Waals surface area contributed by atoms with E-state index in [4.69, 9.17) is 13.9 Å². The number of ether oxygens (including phenoxy) is 2. The number of methoxy groups -OCH3 is 1. The number of benzene rings is 1. The average Bonchev–Trinajstić information content (AvgIpc) is 2.79. The normalized spacial score (nSPS) is 18.0. The monoisotopic (exact) mass is 522 g/mol. The van der Waals surface area contributed by atoms with E-state index in [1.54, 1.807) is 7.11 Å². The van der Waals surface area contributed by atoms with Gasteiger partial charge in [0.2, 0.25) is 0 Å². The molecule has 0 radical (unpaired) electrons. The summed E-state index contributed by atoms with van der Waals surface area (Å²) < 4.78 is 18.3. The smallest absolute Gasteiger partial charge is 0.192 e. The second-order valence-corrected chi connectivity index (χ2v) is 17.5. The van der Waals surface area contributed by atoms with Gasteiger partial charge in [-0.25, -0.2) is 0 Å². The minimum Gasteiger partial charge on any atom is -0.497 e. The molecule has 1 rings (SSSR count). The van der Waals surface area contributed by atoms with Crippen molar-refractivity contribution < 1.29 is 23.8 Å². The van der Waals surface area contributed by atoms with Crippen LogP contribution in [0.1, 0.15) is 74.8 Å². The van der Waals surface area contributed by atoms with Crippen LogP contribution in [0.15, 0.2) is 24.3 Å². The standard InChI is InChI=1S/C30H54O5Si/c1-19(2)28(34-18-24-14-16-25(33-11)17-15-24)22(6)26(31)21(5)27(32)23(7)29(20(3)4)35-36(12,13)30(8,9)10/h14-17,19-23,26,28-29,31H,18H2,1-13H3/t21-,22-,23-,26-,28-,29-/m1/s1. The molecule has 0 amide bonds. The molecule has 1 aromatic rings. The van der Waals surface area contributed by atoms with Gasteiger partial charge in [-0.3, -0.25) is 4.79 Å². The number of hydrogen-bond acceptors (Lipinski definition) is 5. The molecule has 0 aliphatic heterocycles. The highest BCUT2D eigenvalue weighted by atomic mass is 28.4. The van der Waals surface area contributed by atoms with E-state index in [0.717, 1.165) is 11.3 Å². The zero-order valence-corrected chi connectivity index (χ0v) is 26.2. The maximum absolute atomic E-state index is 13.6. The van der Waals surface area contributed by atoms with Crippen molar-refractivity contribution in [2.45, 2.75) is 112 Å². The first-order valence-corrected chi connectivity index (χ1v) is 16.5. The molecular formula is C30H54O5Si. The lowest BCUT2D eigenvalue weighted by Crippen LogP contribution is -2.50. The van der Waals surface area contributed by atoms with Crippen LogP contribution in [0.4, 0.5) is 0 Å². The van der Waals surface area contributed by atoms with Crippen LogP contribution < -0.4 is 4.74 Å². The van der Waals surface area contributed by atoms with Gasteiger partial charge < -0.3 is 19.0 Å². The number of rotatable bonds is 14. The summed E-state index contributed by atoms with van der Waals surface area (Å²) >= 11 is 0. The Bertz CT molecular complexity index is 797. The summed E-state index contributed by atoms with van der Waals surface area (Å²) in [6.07, 6.45) is -1.16. The highest BCUT2D eigenvalue weighted by molar-refractivity contribution is 6.74. The topological polar surface area (TPSA) is 65.0 Å². The van der Waals surface area contributed by atoms with Crippen molar-refractivity contribution in [3.63, 3.8) is 0 Å². The van der Waals surface area contributed by atoms with Crippen LogP contribution in [0, 0.1) is 29.6 Å². The van der Waals surface area contributed by atoms with Gasteiger partial charge in [-0.2, -0.15) is 0 Å². The first-order chi connectivity index (χ1) is 16.4. The van der Waals surface area contributed by atoms with Gasteiger partial charge in [-0.15, -0.1) is 0 Å². The molecule has 0 saturated carbocycles. The highest BCUT2D eigenvalue weighted by Crippen LogP contribution is 2.39. The van der Waals surface area contributed by atoms with E-state index in [0.29, 0.717) is 6.61 Å². The Morgan fingerprint density at radius 1 is 0.889 bits per heavy atom. The summed E-state index contributed by atoms with van der Waals surface area (Å²) in [6, 6.07) is 7.81. The van der Waals surface area contributed by atoms with Crippen LogP contribution in [0.5, 0.6) is 5.75 Å². The Morgan fingerprint density at radius 3 is 1.81 bits per heavy atom.